The molecular formula is C16H20BNO3S. The van der Waals surface area contributed by atoms with Gasteiger partial charge in [-0.05, 0) is 52.2 Å². The molecule has 0 atom stereocenters. The Morgan fingerprint density at radius 3 is 2.14 bits per heavy atom. The topological polar surface area (TPSA) is 40.6 Å². The van der Waals surface area contributed by atoms with Crippen molar-refractivity contribution in [3.63, 3.8) is 0 Å². The Bertz CT molecular complexity index is 650. The summed E-state index contributed by atoms with van der Waals surface area (Å²) in [6.07, 6.45) is 0. The van der Waals surface area contributed by atoms with Gasteiger partial charge in [-0.2, -0.15) is 0 Å². The highest BCUT2D eigenvalue weighted by atomic mass is 32.1. The van der Waals surface area contributed by atoms with E-state index in [1.54, 1.807) is 11.3 Å². The van der Waals surface area contributed by atoms with Crippen LogP contribution in [0.5, 0.6) is 11.6 Å². The Kier molecular flexibility index (Phi) is 3.79. The lowest BCUT2D eigenvalue weighted by atomic mass is 9.79. The van der Waals surface area contributed by atoms with Crippen LogP contribution in [0, 0.1) is 6.92 Å². The maximum atomic E-state index is 6.04. The normalized spacial score (nSPS) is 19.4. The summed E-state index contributed by atoms with van der Waals surface area (Å²) in [4.78, 5) is 4.29. The smallest absolute Gasteiger partial charge is 0.438 e. The molecule has 22 heavy (non-hydrogen) atoms. The molecule has 0 amide bonds. The van der Waals surface area contributed by atoms with Gasteiger partial charge in [0.15, 0.2) is 0 Å². The fourth-order valence-electron chi connectivity index (χ4n) is 2.18. The highest BCUT2D eigenvalue weighted by Gasteiger charge is 2.51. The number of aromatic nitrogens is 1. The van der Waals surface area contributed by atoms with Gasteiger partial charge in [-0.15, -0.1) is 11.3 Å². The molecule has 0 radical (unpaired) electrons. The van der Waals surface area contributed by atoms with Crippen molar-refractivity contribution in [3.8, 4) is 11.6 Å². The average molecular weight is 317 g/mol. The van der Waals surface area contributed by atoms with Gasteiger partial charge in [-0.3, -0.25) is 0 Å². The van der Waals surface area contributed by atoms with E-state index >= 15 is 0 Å². The maximum absolute atomic E-state index is 6.04. The van der Waals surface area contributed by atoms with Gasteiger partial charge in [-0.1, -0.05) is 12.1 Å². The summed E-state index contributed by atoms with van der Waals surface area (Å²) in [6.45, 7) is 10.2. The Labute approximate surface area is 135 Å². The van der Waals surface area contributed by atoms with Crippen molar-refractivity contribution in [2.45, 2.75) is 45.8 Å². The molecule has 1 aliphatic rings. The lowest BCUT2D eigenvalue weighted by Gasteiger charge is -2.32. The molecular weight excluding hydrogens is 297 g/mol. The number of hydrogen-bond acceptors (Lipinski definition) is 5. The van der Waals surface area contributed by atoms with E-state index in [0.29, 0.717) is 5.88 Å². The van der Waals surface area contributed by atoms with Gasteiger partial charge in [0.25, 0.3) is 0 Å². The van der Waals surface area contributed by atoms with Crippen LogP contribution in [0.1, 0.15) is 32.7 Å². The Morgan fingerprint density at radius 2 is 1.64 bits per heavy atom. The first kappa shape index (κ1) is 15.5. The summed E-state index contributed by atoms with van der Waals surface area (Å²) in [6, 6.07) is 7.76. The molecule has 1 aromatic carbocycles. The van der Waals surface area contributed by atoms with Crippen LogP contribution in [0.2, 0.25) is 0 Å². The minimum Gasteiger partial charge on any atom is -0.438 e. The minimum atomic E-state index is -0.347. The van der Waals surface area contributed by atoms with Crippen molar-refractivity contribution < 1.29 is 14.0 Å². The summed E-state index contributed by atoms with van der Waals surface area (Å²) >= 11 is 1.57. The minimum absolute atomic E-state index is 0.328. The molecule has 1 aromatic heterocycles. The summed E-state index contributed by atoms with van der Waals surface area (Å²) in [5, 5.41) is 2.89. The van der Waals surface area contributed by atoms with Crippen LogP contribution >= 0.6 is 11.3 Å². The zero-order valence-corrected chi connectivity index (χ0v) is 14.4. The van der Waals surface area contributed by atoms with Crippen LogP contribution in [-0.4, -0.2) is 23.3 Å². The van der Waals surface area contributed by atoms with Crippen LogP contribution in [0.25, 0.3) is 0 Å². The van der Waals surface area contributed by atoms with Gasteiger partial charge in [0.05, 0.1) is 21.6 Å². The molecule has 0 N–H and O–H groups in total. The van der Waals surface area contributed by atoms with E-state index in [2.05, 4.69) is 32.7 Å². The Balaban J connectivity index is 1.72. The first-order chi connectivity index (χ1) is 10.3. The third-order valence-corrected chi connectivity index (χ3v) is 4.98. The fraction of sp³-hybridized carbons (Fsp3) is 0.438. The number of benzene rings is 1. The first-order valence-corrected chi connectivity index (χ1v) is 8.20. The molecule has 1 saturated heterocycles. The molecule has 4 nitrogen and oxygen atoms in total. The van der Waals surface area contributed by atoms with Crippen molar-refractivity contribution in [2.75, 3.05) is 0 Å². The van der Waals surface area contributed by atoms with E-state index in [1.165, 1.54) is 0 Å². The molecule has 0 bridgehead atoms. The van der Waals surface area contributed by atoms with Gasteiger partial charge in [0.1, 0.15) is 5.75 Å². The van der Waals surface area contributed by atoms with Crippen LogP contribution in [0.4, 0.5) is 0 Å². The molecule has 0 aliphatic carbocycles. The maximum Gasteiger partial charge on any atom is 0.494 e. The molecule has 116 valence electrons. The number of aryl methyl sites for hydroxylation is 1. The van der Waals surface area contributed by atoms with E-state index in [-0.39, 0.29) is 18.3 Å². The Hall–Kier alpha value is -1.37. The molecule has 2 heterocycles. The summed E-state index contributed by atoms with van der Waals surface area (Å²) < 4.78 is 17.8. The second-order valence-electron chi connectivity index (χ2n) is 6.46. The number of hydrogen-bond donors (Lipinski definition) is 0. The predicted octanol–water partition coefficient (Wildman–Crippen LogP) is 3.54. The fourth-order valence-corrected chi connectivity index (χ4v) is 2.70. The molecule has 1 fully saturated rings. The number of nitrogens with zero attached hydrogens (tertiary/aromatic N) is 1. The van der Waals surface area contributed by atoms with Crippen molar-refractivity contribution >= 4 is 23.9 Å². The van der Waals surface area contributed by atoms with Crippen molar-refractivity contribution in [1.82, 2.24) is 4.98 Å². The second-order valence-corrected chi connectivity index (χ2v) is 7.53. The summed E-state index contributed by atoms with van der Waals surface area (Å²) in [5.41, 5.74) is 0.330. The average Bonchev–Trinajstić information content (AvgIpc) is 2.92. The SMILES string of the molecule is Cc1nc(Oc2ccc(B3OC(C)(C)C(C)(C)O3)cc2)cs1. The zero-order chi connectivity index (χ0) is 16.0. The molecule has 6 heteroatoms. The van der Waals surface area contributed by atoms with E-state index in [1.807, 2.05) is 36.6 Å². The first-order valence-electron chi connectivity index (χ1n) is 7.32. The quantitative estimate of drug-likeness (QED) is 0.812. The summed E-state index contributed by atoms with van der Waals surface area (Å²) in [7, 11) is -0.347. The largest absolute Gasteiger partial charge is 0.494 e. The van der Waals surface area contributed by atoms with Crippen molar-refractivity contribution in [1.29, 1.82) is 0 Å². The van der Waals surface area contributed by atoms with Gasteiger partial charge < -0.3 is 14.0 Å². The zero-order valence-electron chi connectivity index (χ0n) is 13.5. The molecule has 0 saturated carbocycles. The number of thiazole rings is 1. The predicted molar refractivity (Wildman–Crippen MR) is 89.1 cm³/mol. The second kappa shape index (κ2) is 5.37. The van der Waals surface area contributed by atoms with E-state index in [0.717, 1.165) is 16.2 Å². The molecule has 0 spiro atoms. The molecule has 2 aromatic rings. The van der Waals surface area contributed by atoms with Gasteiger partial charge >= 0.3 is 7.12 Å². The Morgan fingerprint density at radius 1 is 1.05 bits per heavy atom. The highest BCUT2D eigenvalue weighted by molar-refractivity contribution is 7.09. The van der Waals surface area contributed by atoms with Gasteiger partial charge in [-0.25, -0.2) is 4.98 Å². The van der Waals surface area contributed by atoms with Crippen LogP contribution in [0.15, 0.2) is 29.6 Å². The monoisotopic (exact) mass is 317 g/mol. The van der Waals surface area contributed by atoms with Gasteiger partial charge in [0, 0.05) is 0 Å². The van der Waals surface area contributed by atoms with Crippen LogP contribution in [0.3, 0.4) is 0 Å². The van der Waals surface area contributed by atoms with Crippen LogP contribution in [-0.2, 0) is 9.31 Å². The molecule has 1 aliphatic heterocycles. The van der Waals surface area contributed by atoms with Crippen molar-refractivity contribution in [2.24, 2.45) is 0 Å². The third kappa shape index (κ3) is 2.91. The number of ether oxygens (including phenoxy) is 1. The standard InChI is InChI=1S/C16H20BNO3S/c1-11-18-14(10-22-11)19-13-8-6-12(7-9-13)17-20-15(2,3)16(4,5)21-17/h6-10H,1-5H3. The summed E-state index contributed by atoms with van der Waals surface area (Å²) in [5.74, 6) is 1.39. The van der Waals surface area contributed by atoms with Crippen molar-refractivity contribution in [3.05, 3.63) is 34.7 Å². The van der Waals surface area contributed by atoms with Gasteiger partial charge in [0.2, 0.25) is 5.88 Å². The lowest BCUT2D eigenvalue weighted by molar-refractivity contribution is 0.00578. The third-order valence-electron chi connectivity index (χ3n) is 4.23. The van der Waals surface area contributed by atoms with E-state index < -0.39 is 0 Å². The molecule has 0 unspecified atom stereocenters. The van der Waals surface area contributed by atoms with E-state index in [9.17, 15) is 0 Å². The molecule has 3 rings (SSSR count). The lowest BCUT2D eigenvalue weighted by Crippen LogP contribution is -2.41. The van der Waals surface area contributed by atoms with E-state index in [4.69, 9.17) is 14.0 Å². The van der Waals surface area contributed by atoms with Crippen LogP contribution < -0.4 is 10.2 Å². The number of rotatable bonds is 3. The highest BCUT2D eigenvalue weighted by Crippen LogP contribution is 2.36.